The maximum atomic E-state index is 6.72. The molecule has 2 nitrogen and oxygen atoms in total. The van der Waals surface area contributed by atoms with E-state index >= 15 is 0 Å². The van der Waals surface area contributed by atoms with Gasteiger partial charge in [0, 0.05) is 17.2 Å². The van der Waals surface area contributed by atoms with Gasteiger partial charge in [-0.3, -0.25) is 0 Å². The summed E-state index contributed by atoms with van der Waals surface area (Å²) in [5.41, 5.74) is 2.02. The SMILES string of the molecule is ClC1=Cc2c(ccc3ccccc23)OC12C=Cc1c(ccc3ccccc13)O2. The monoisotopic (exact) mass is 382 g/mol. The summed E-state index contributed by atoms with van der Waals surface area (Å²) in [7, 11) is 0. The molecular weight excluding hydrogens is 368 g/mol. The Morgan fingerprint density at radius 1 is 0.643 bits per heavy atom. The average Bonchev–Trinajstić information content (AvgIpc) is 2.74. The van der Waals surface area contributed by atoms with Crippen molar-refractivity contribution in [2.45, 2.75) is 5.79 Å². The predicted octanol–water partition coefficient (Wildman–Crippen LogP) is 6.77. The van der Waals surface area contributed by atoms with Gasteiger partial charge < -0.3 is 9.47 Å². The summed E-state index contributed by atoms with van der Waals surface area (Å²) in [4.78, 5) is 0. The van der Waals surface area contributed by atoms with Gasteiger partial charge in [-0.2, -0.15) is 0 Å². The first-order valence-corrected chi connectivity index (χ1v) is 9.60. The Morgan fingerprint density at radius 2 is 1.21 bits per heavy atom. The van der Waals surface area contributed by atoms with Crippen LogP contribution in [0.4, 0.5) is 0 Å². The quantitative estimate of drug-likeness (QED) is 0.334. The zero-order valence-corrected chi connectivity index (χ0v) is 15.6. The van der Waals surface area contributed by atoms with Gasteiger partial charge in [0.1, 0.15) is 16.5 Å². The van der Waals surface area contributed by atoms with Crippen LogP contribution in [0.3, 0.4) is 0 Å². The molecule has 0 aromatic heterocycles. The van der Waals surface area contributed by atoms with Gasteiger partial charge in [-0.25, -0.2) is 0 Å². The molecule has 2 aliphatic heterocycles. The Labute approximate surface area is 167 Å². The fourth-order valence-electron chi connectivity index (χ4n) is 4.06. The van der Waals surface area contributed by atoms with Crippen molar-refractivity contribution >= 4 is 45.3 Å². The van der Waals surface area contributed by atoms with Crippen LogP contribution in [0.1, 0.15) is 11.1 Å². The lowest BCUT2D eigenvalue weighted by molar-refractivity contribution is -0.0346. The highest BCUT2D eigenvalue weighted by atomic mass is 35.5. The fraction of sp³-hybridized carbons (Fsp3) is 0.0400. The van der Waals surface area contributed by atoms with E-state index in [4.69, 9.17) is 21.1 Å². The number of hydrogen-bond acceptors (Lipinski definition) is 2. The number of fused-ring (bicyclic) bond motifs is 6. The third-order valence-electron chi connectivity index (χ3n) is 5.46. The van der Waals surface area contributed by atoms with Gasteiger partial charge in [-0.1, -0.05) is 72.3 Å². The van der Waals surface area contributed by atoms with Crippen LogP contribution in [0.25, 0.3) is 33.7 Å². The molecule has 1 unspecified atom stereocenters. The molecule has 0 fully saturated rings. The molecule has 3 heteroatoms. The molecule has 0 amide bonds. The molecule has 1 atom stereocenters. The Hall–Kier alpha value is -3.23. The molecular formula is C25H15ClO2. The molecule has 2 heterocycles. The van der Waals surface area contributed by atoms with Crippen LogP contribution in [-0.2, 0) is 0 Å². The number of halogens is 1. The summed E-state index contributed by atoms with van der Waals surface area (Å²) in [6, 6.07) is 24.5. The number of hydrogen-bond donors (Lipinski definition) is 0. The Morgan fingerprint density at radius 3 is 1.89 bits per heavy atom. The van der Waals surface area contributed by atoms with Crippen LogP contribution in [0.15, 0.2) is 83.9 Å². The molecule has 0 aliphatic carbocycles. The Kier molecular flexibility index (Phi) is 3.18. The molecule has 4 aromatic rings. The van der Waals surface area contributed by atoms with Crippen molar-refractivity contribution in [1.82, 2.24) is 0 Å². The van der Waals surface area contributed by atoms with Crippen molar-refractivity contribution in [3.8, 4) is 11.5 Å². The van der Waals surface area contributed by atoms with Crippen LogP contribution in [-0.4, -0.2) is 5.79 Å². The van der Waals surface area contributed by atoms with Crippen LogP contribution in [0, 0.1) is 0 Å². The summed E-state index contributed by atoms with van der Waals surface area (Å²) in [5, 5.41) is 5.09. The van der Waals surface area contributed by atoms with E-state index in [1.54, 1.807) is 0 Å². The van der Waals surface area contributed by atoms with Gasteiger partial charge in [-0.15, -0.1) is 0 Å². The molecule has 0 N–H and O–H groups in total. The van der Waals surface area contributed by atoms with E-state index in [2.05, 4.69) is 36.4 Å². The maximum Gasteiger partial charge on any atom is 0.309 e. The highest BCUT2D eigenvalue weighted by Gasteiger charge is 2.42. The normalized spacial score (nSPS) is 19.7. The smallest absolute Gasteiger partial charge is 0.309 e. The predicted molar refractivity (Wildman–Crippen MR) is 115 cm³/mol. The van der Waals surface area contributed by atoms with Gasteiger partial charge in [0.15, 0.2) is 0 Å². The van der Waals surface area contributed by atoms with Crippen molar-refractivity contribution in [2.24, 2.45) is 0 Å². The first kappa shape index (κ1) is 15.8. The summed E-state index contributed by atoms with van der Waals surface area (Å²) in [5.74, 6) is 0.390. The third kappa shape index (κ3) is 2.15. The first-order valence-electron chi connectivity index (χ1n) is 9.22. The molecule has 0 saturated carbocycles. The third-order valence-corrected chi connectivity index (χ3v) is 5.83. The zero-order chi connectivity index (χ0) is 18.7. The van der Waals surface area contributed by atoms with Crippen LogP contribution in [0.5, 0.6) is 11.5 Å². The van der Waals surface area contributed by atoms with Crippen molar-refractivity contribution in [2.75, 3.05) is 0 Å². The van der Waals surface area contributed by atoms with Crippen LogP contribution in [0.2, 0.25) is 0 Å². The topological polar surface area (TPSA) is 18.5 Å². The second-order valence-electron chi connectivity index (χ2n) is 7.09. The van der Waals surface area contributed by atoms with Crippen molar-refractivity contribution in [3.63, 3.8) is 0 Å². The van der Waals surface area contributed by atoms with Gasteiger partial charge in [0.05, 0.1) is 0 Å². The minimum Gasteiger partial charge on any atom is -0.443 e. The van der Waals surface area contributed by atoms with Crippen LogP contribution < -0.4 is 9.47 Å². The van der Waals surface area contributed by atoms with E-state index in [1.165, 1.54) is 5.39 Å². The molecule has 2 aliphatic rings. The van der Waals surface area contributed by atoms with E-state index in [0.29, 0.717) is 5.03 Å². The highest BCUT2D eigenvalue weighted by Crippen LogP contribution is 2.46. The number of rotatable bonds is 0. The zero-order valence-electron chi connectivity index (χ0n) is 14.9. The molecule has 134 valence electrons. The Balaban J connectivity index is 1.50. The number of ether oxygens (including phenoxy) is 2. The molecule has 0 saturated heterocycles. The molecule has 1 spiro atoms. The lowest BCUT2D eigenvalue weighted by Crippen LogP contribution is -2.43. The summed E-state index contributed by atoms with van der Waals surface area (Å²) >= 11 is 6.72. The van der Waals surface area contributed by atoms with E-state index < -0.39 is 5.79 Å². The summed E-state index contributed by atoms with van der Waals surface area (Å²) in [6.45, 7) is 0. The van der Waals surface area contributed by atoms with Gasteiger partial charge in [0.25, 0.3) is 0 Å². The van der Waals surface area contributed by atoms with Gasteiger partial charge in [0.2, 0.25) is 0 Å². The minimum absolute atomic E-state index is 0.506. The molecule has 0 radical (unpaired) electrons. The average molecular weight is 383 g/mol. The van der Waals surface area contributed by atoms with Crippen molar-refractivity contribution in [3.05, 3.63) is 95.0 Å². The van der Waals surface area contributed by atoms with Crippen molar-refractivity contribution < 1.29 is 9.47 Å². The van der Waals surface area contributed by atoms with Crippen molar-refractivity contribution in [1.29, 1.82) is 0 Å². The van der Waals surface area contributed by atoms with Gasteiger partial charge in [-0.05, 0) is 45.8 Å². The highest BCUT2D eigenvalue weighted by molar-refractivity contribution is 6.33. The summed E-state index contributed by atoms with van der Waals surface area (Å²) < 4.78 is 12.7. The van der Waals surface area contributed by atoms with E-state index in [0.717, 1.165) is 38.8 Å². The van der Waals surface area contributed by atoms with Gasteiger partial charge >= 0.3 is 5.79 Å². The molecule has 0 bridgehead atoms. The number of benzene rings is 4. The van der Waals surface area contributed by atoms with E-state index in [-0.39, 0.29) is 0 Å². The molecule has 6 rings (SSSR count). The lowest BCUT2D eigenvalue weighted by Gasteiger charge is -2.37. The molecule has 4 aromatic carbocycles. The molecule has 28 heavy (non-hydrogen) atoms. The Bertz CT molecular complexity index is 1330. The largest absolute Gasteiger partial charge is 0.443 e. The van der Waals surface area contributed by atoms with E-state index in [9.17, 15) is 0 Å². The minimum atomic E-state index is -1.13. The second-order valence-corrected chi connectivity index (χ2v) is 7.50. The van der Waals surface area contributed by atoms with Crippen LogP contribution >= 0.6 is 11.6 Å². The standard InChI is InChI=1S/C25H15ClO2/c26-24-15-21-19-8-4-2-6-17(19)10-12-23(21)28-25(24)14-13-20-18-7-3-1-5-16(18)9-11-22(20)27-25/h1-15H. The fourth-order valence-corrected chi connectivity index (χ4v) is 4.31. The summed E-state index contributed by atoms with van der Waals surface area (Å²) in [6.07, 6.45) is 5.90. The first-order chi connectivity index (χ1) is 13.7. The maximum absolute atomic E-state index is 6.72. The second kappa shape index (κ2) is 5.63. The lowest BCUT2D eigenvalue weighted by atomic mass is 9.97. The van der Waals surface area contributed by atoms with E-state index in [1.807, 2.05) is 54.6 Å².